The van der Waals surface area contributed by atoms with E-state index in [-0.39, 0.29) is 0 Å². The van der Waals surface area contributed by atoms with Crippen molar-refractivity contribution in [1.29, 1.82) is 0 Å². The normalized spacial score (nSPS) is 10.9. The van der Waals surface area contributed by atoms with Gasteiger partial charge in [0.15, 0.2) is 0 Å². The van der Waals surface area contributed by atoms with Gasteiger partial charge < -0.3 is 10.1 Å². The number of H-pyrrole nitrogens is 1. The Morgan fingerprint density at radius 2 is 2.20 bits per heavy atom. The fourth-order valence-corrected chi connectivity index (χ4v) is 1.35. The first-order valence-electron chi connectivity index (χ1n) is 4.78. The second-order valence-electron chi connectivity index (χ2n) is 3.24. The van der Waals surface area contributed by atoms with E-state index in [1.807, 2.05) is 30.4 Å². The molecule has 1 aromatic heterocycles. The van der Waals surface area contributed by atoms with Crippen LogP contribution in [0.5, 0.6) is 5.75 Å². The molecule has 1 heterocycles. The maximum atomic E-state index is 9.51. The first-order valence-corrected chi connectivity index (χ1v) is 4.78. The van der Waals surface area contributed by atoms with Gasteiger partial charge in [0.25, 0.3) is 0 Å². The lowest BCUT2D eigenvalue weighted by Crippen LogP contribution is -1.81. The Morgan fingerprint density at radius 3 is 2.93 bits per heavy atom. The molecule has 0 aliphatic rings. The molecule has 2 aromatic rings. The highest BCUT2D eigenvalue weighted by molar-refractivity contribution is 5.45. The standard InChI is InChI=1S/C12H12N2O/c15-12-7-2-1-4-10(12)5-3-6-11-8-13-9-14-11/h1-4,6-9,15H,5H2,(H,13,14). The van der Waals surface area contributed by atoms with Crippen LogP contribution < -0.4 is 0 Å². The van der Waals surface area contributed by atoms with E-state index in [9.17, 15) is 5.11 Å². The lowest BCUT2D eigenvalue weighted by atomic mass is 10.1. The number of hydrogen-bond acceptors (Lipinski definition) is 2. The topological polar surface area (TPSA) is 48.9 Å². The Labute approximate surface area is 88.1 Å². The molecule has 76 valence electrons. The monoisotopic (exact) mass is 200 g/mol. The molecule has 0 radical (unpaired) electrons. The molecule has 0 aliphatic heterocycles. The summed E-state index contributed by atoms with van der Waals surface area (Å²) in [6.07, 6.45) is 8.04. The lowest BCUT2D eigenvalue weighted by molar-refractivity contribution is 0.470. The number of para-hydroxylation sites is 1. The number of nitrogens with zero attached hydrogens (tertiary/aromatic N) is 1. The van der Waals surface area contributed by atoms with Crippen LogP contribution in [-0.4, -0.2) is 15.1 Å². The number of phenolic OH excluding ortho intramolecular Hbond substituents is 1. The predicted octanol–water partition coefficient (Wildman–Crippen LogP) is 2.37. The molecular weight excluding hydrogens is 188 g/mol. The molecule has 0 saturated heterocycles. The van der Waals surface area contributed by atoms with Gasteiger partial charge in [-0.3, -0.25) is 0 Å². The predicted molar refractivity (Wildman–Crippen MR) is 59.4 cm³/mol. The summed E-state index contributed by atoms with van der Waals surface area (Å²) in [5, 5.41) is 9.51. The van der Waals surface area contributed by atoms with Crippen molar-refractivity contribution in [3.63, 3.8) is 0 Å². The SMILES string of the molecule is Oc1ccccc1CC=Cc1cnc[nH]1. The molecule has 0 aliphatic carbocycles. The number of aromatic hydroxyl groups is 1. The largest absolute Gasteiger partial charge is 0.508 e. The van der Waals surface area contributed by atoms with E-state index in [0.717, 1.165) is 11.3 Å². The zero-order chi connectivity index (χ0) is 10.5. The number of aromatic amines is 1. The molecule has 0 saturated carbocycles. The molecule has 1 aromatic carbocycles. The minimum absolute atomic E-state index is 0.340. The second kappa shape index (κ2) is 4.46. The molecule has 0 unspecified atom stereocenters. The van der Waals surface area contributed by atoms with Crippen LogP contribution in [0, 0.1) is 0 Å². The number of phenols is 1. The third kappa shape index (κ3) is 2.47. The van der Waals surface area contributed by atoms with Crippen LogP contribution in [0.4, 0.5) is 0 Å². The zero-order valence-corrected chi connectivity index (χ0v) is 8.22. The highest BCUT2D eigenvalue weighted by Crippen LogP contribution is 2.16. The molecule has 2 N–H and O–H groups in total. The van der Waals surface area contributed by atoms with E-state index in [0.29, 0.717) is 12.2 Å². The van der Waals surface area contributed by atoms with Crippen LogP contribution >= 0.6 is 0 Å². The maximum absolute atomic E-state index is 9.51. The summed E-state index contributed by atoms with van der Waals surface area (Å²) in [6.45, 7) is 0. The van der Waals surface area contributed by atoms with Gasteiger partial charge in [-0.2, -0.15) is 0 Å². The highest BCUT2D eigenvalue weighted by Gasteiger charge is 1.95. The van der Waals surface area contributed by atoms with E-state index in [4.69, 9.17) is 0 Å². The Morgan fingerprint density at radius 1 is 1.33 bits per heavy atom. The molecule has 3 nitrogen and oxygen atoms in total. The quantitative estimate of drug-likeness (QED) is 0.799. The number of allylic oxidation sites excluding steroid dienone is 1. The van der Waals surface area contributed by atoms with Crippen molar-refractivity contribution in [1.82, 2.24) is 9.97 Å². The zero-order valence-electron chi connectivity index (χ0n) is 8.22. The highest BCUT2D eigenvalue weighted by atomic mass is 16.3. The minimum Gasteiger partial charge on any atom is -0.508 e. The van der Waals surface area contributed by atoms with E-state index in [2.05, 4.69) is 9.97 Å². The third-order valence-electron chi connectivity index (χ3n) is 2.15. The van der Waals surface area contributed by atoms with Gasteiger partial charge in [-0.15, -0.1) is 0 Å². The molecule has 0 amide bonds. The van der Waals surface area contributed by atoms with Crippen LogP contribution in [0.1, 0.15) is 11.3 Å². The van der Waals surface area contributed by atoms with Gasteiger partial charge in [-0.05, 0) is 24.1 Å². The van der Waals surface area contributed by atoms with Crippen molar-refractivity contribution in [2.24, 2.45) is 0 Å². The molecule has 0 bridgehead atoms. The van der Waals surface area contributed by atoms with Crippen LogP contribution in [0.2, 0.25) is 0 Å². The number of benzene rings is 1. The van der Waals surface area contributed by atoms with Crippen molar-refractivity contribution in [2.75, 3.05) is 0 Å². The average Bonchev–Trinajstić information content (AvgIpc) is 2.74. The maximum Gasteiger partial charge on any atom is 0.119 e. The Hall–Kier alpha value is -2.03. The smallest absolute Gasteiger partial charge is 0.119 e. The van der Waals surface area contributed by atoms with Crippen molar-refractivity contribution in [2.45, 2.75) is 6.42 Å². The van der Waals surface area contributed by atoms with Gasteiger partial charge in [-0.25, -0.2) is 4.98 Å². The number of rotatable bonds is 3. The lowest BCUT2D eigenvalue weighted by Gasteiger charge is -1.98. The van der Waals surface area contributed by atoms with Crippen LogP contribution in [0.15, 0.2) is 42.9 Å². The fraction of sp³-hybridized carbons (Fsp3) is 0.0833. The Bertz CT molecular complexity index is 446. The van der Waals surface area contributed by atoms with Gasteiger partial charge in [0, 0.05) is 0 Å². The van der Waals surface area contributed by atoms with Gasteiger partial charge in [0.05, 0.1) is 18.2 Å². The van der Waals surface area contributed by atoms with E-state index in [1.54, 1.807) is 18.6 Å². The molecule has 3 heteroatoms. The summed E-state index contributed by atoms with van der Waals surface area (Å²) in [5.74, 6) is 0.340. The number of imidazole rings is 1. The first-order chi connectivity index (χ1) is 7.36. The first kappa shape index (κ1) is 9.52. The van der Waals surface area contributed by atoms with Gasteiger partial charge >= 0.3 is 0 Å². The van der Waals surface area contributed by atoms with Crippen molar-refractivity contribution >= 4 is 6.08 Å². The van der Waals surface area contributed by atoms with Crippen LogP contribution in [-0.2, 0) is 6.42 Å². The van der Waals surface area contributed by atoms with E-state index in [1.165, 1.54) is 0 Å². The minimum atomic E-state index is 0.340. The van der Waals surface area contributed by atoms with Crippen molar-refractivity contribution in [3.8, 4) is 5.75 Å². The molecule has 15 heavy (non-hydrogen) atoms. The summed E-state index contributed by atoms with van der Waals surface area (Å²) >= 11 is 0. The van der Waals surface area contributed by atoms with Gasteiger partial charge in [0.1, 0.15) is 5.75 Å². The van der Waals surface area contributed by atoms with Crippen molar-refractivity contribution in [3.05, 3.63) is 54.1 Å². The summed E-state index contributed by atoms with van der Waals surface area (Å²) in [7, 11) is 0. The van der Waals surface area contributed by atoms with E-state index >= 15 is 0 Å². The molecule has 0 spiro atoms. The van der Waals surface area contributed by atoms with Crippen LogP contribution in [0.3, 0.4) is 0 Å². The summed E-state index contributed by atoms with van der Waals surface area (Å²) in [4.78, 5) is 6.89. The number of aromatic nitrogens is 2. The average molecular weight is 200 g/mol. The number of hydrogen-bond donors (Lipinski definition) is 2. The van der Waals surface area contributed by atoms with E-state index < -0.39 is 0 Å². The Kier molecular flexibility index (Phi) is 2.83. The molecule has 0 atom stereocenters. The summed E-state index contributed by atoms with van der Waals surface area (Å²) in [5.41, 5.74) is 1.89. The molecule has 2 rings (SSSR count). The van der Waals surface area contributed by atoms with Gasteiger partial charge in [-0.1, -0.05) is 24.3 Å². The van der Waals surface area contributed by atoms with Crippen LogP contribution in [0.25, 0.3) is 6.08 Å². The number of nitrogens with one attached hydrogen (secondary N) is 1. The summed E-state index contributed by atoms with van der Waals surface area (Å²) in [6, 6.07) is 7.34. The molecule has 0 fully saturated rings. The van der Waals surface area contributed by atoms with Crippen molar-refractivity contribution < 1.29 is 5.11 Å². The Balaban J connectivity index is 2.02. The van der Waals surface area contributed by atoms with Gasteiger partial charge in [0.2, 0.25) is 0 Å². The fourth-order valence-electron chi connectivity index (χ4n) is 1.35. The third-order valence-corrected chi connectivity index (χ3v) is 2.15. The summed E-state index contributed by atoms with van der Waals surface area (Å²) < 4.78 is 0. The second-order valence-corrected chi connectivity index (χ2v) is 3.24. The molecular formula is C12H12N2O.